The van der Waals surface area contributed by atoms with Crippen molar-refractivity contribution in [3.05, 3.63) is 175 Å². The highest BCUT2D eigenvalue weighted by molar-refractivity contribution is 6.13. The summed E-state index contributed by atoms with van der Waals surface area (Å²) >= 11 is 0. The number of benzene rings is 8. The van der Waals surface area contributed by atoms with Gasteiger partial charge in [0.05, 0.1) is 11.0 Å². The Morgan fingerprint density at radius 3 is 1.95 bits per heavy atom. The minimum atomic E-state index is 0.601. The summed E-state index contributed by atoms with van der Waals surface area (Å²) in [5.74, 6) is 1.85. The van der Waals surface area contributed by atoms with Crippen LogP contribution in [-0.4, -0.2) is 19.5 Å². The molecule has 262 valence electrons. The molecule has 0 amide bonds. The van der Waals surface area contributed by atoms with Gasteiger partial charge in [-0.3, -0.25) is 0 Å². The van der Waals surface area contributed by atoms with Gasteiger partial charge in [0.25, 0.3) is 0 Å². The molecule has 0 saturated carbocycles. The quantitative estimate of drug-likeness (QED) is 0.182. The number of rotatable bonds is 4. The molecule has 0 N–H and O–H groups in total. The molecule has 0 saturated heterocycles. The number of para-hydroxylation sites is 1. The highest BCUT2D eigenvalue weighted by atomic mass is 16.3. The zero-order valence-electron chi connectivity index (χ0n) is 30.3. The summed E-state index contributed by atoms with van der Waals surface area (Å²) in [5, 5.41) is 9.15. The fourth-order valence-electron chi connectivity index (χ4n) is 8.73. The molecule has 11 aromatic rings. The predicted octanol–water partition coefficient (Wildman–Crippen LogP) is 13.1. The lowest BCUT2D eigenvalue weighted by Gasteiger charge is -2.12. The zero-order valence-corrected chi connectivity index (χ0v) is 30.3. The summed E-state index contributed by atoms with van der Waals surface area (Å²) in [6.07, 6.45) is 6.70. The molecule has 5 heteroatoms. The summed E-state index contributed by atoms with van der Waals surface area (Å²) in [4.78, 5) is 15.5. The molecule has 0 unspecified atom stereocenters. The molecule has 1 aliphatic carbocycles. The van der Waals surface area contributed by atoms with E-state index in [1.54, 1.807) is 0 Å². The predicted molar refractivity (Wildman–Crippen MR) is 230 cm³/mol. The fourth-order valence-corrected chi connectivity index (χ4v) is 8.73. The Morgan fingerprint density at radius 2 is 1.18 bits per heavy atom. The van der Waals surface area contributed by atoms with Crippen LogP contribution in [0, 0.1) is 0 Å². The minimum Gasteiger partial charge on any atom is -0.456 e. The van der Waals surface area contributed by atoms with Crippen LogP contribution in [0.15, 0.2) is 168 Å². The Balaban J connectivity index is 1.06. The van der Waals surface area contributed by atoms with Crippen molar-refractivity contribution in [3.8, 4) is 39.9 Å². The van der Waals surface area contributed by atoms with Crippen molar-refractivity contribution in [2.45, 2.75) is 12.8 Å². The SMILES string of the molecule is C1=Cc2cc3c(cc2CC1)c1ccccc1n3-c1ccc2c(c1)oc1cccc(-c3nc(-c4ccc5ccccc5c4)nc(-c4ccc5ccccc5c4)n3)c12. The third kappa shape index (κ3) is 4.84. The molecule has 3 heterocycles. The molecule has 8 aromatic carbocycles. The molecule has 56 heavy (non-hydrogen) atoms. The van der Waals surface area contributed by atoms with Crippen molar-refractivity contribution in [3.63, 3.8) is 0 Å². The van der Waals surface area contributed by atoms with Crippen LogP contribution in [0.2, 0.25) is 0 Å². The van der Waals surface area contributed by atoms with Gasteiger partial charge in [0.1, 0.15) is 11.2 Å². The highest BCUT2D eigenvalue weighted by Gasteiger charge is 2.20. The van der Waals surface area contributed by atoms with Crippen LogP contribution in [0.5, 0.6) is 0 Å². The molecule has 12 rings (SSSR count). The first kappa shape index (κ1) is 31.0. The van der Waals surface area contributed by atoms with Gasteiger partial charge in [-0.05, 0) is 94.0 Å². The van der Waals surface area contributed by atoms with Crippen molar-refractivity contribution >= 4 is 71.4 Å². The summed E-state index contributed by atoms with van der Waals surface area (Å²) in [6, 6.07) is 55.7. The van der Waals surface area contributed by atoms with Crippen LogP contribution in [0.1, 0.15) is 17.5 Å². The topological polar surface area (TPSA) is 56.7 Å². The molecule has 5 nitrogen and oxygen atoms in total. The van der Waals surface area contributed by atoms with Gasteiger partial charge in [0.2, 0.25) is 0 Å². The summed E-state index contributed by atoms with van der Waals surface area (Å²) in [7, 11) is 0. The van der Waals surface area contributed by atoms with Crippen LogP contribution in [0.25, 0.3) is 111 Å². The highest BCUT2D eigenvalue weighted by Crippen LogP contribution is 2.40. The molecule has 0 atom stereocenters. The second-order valence-electron chi connectivity index (χ2n) is 14.8. The van der Waals surface area contributed by atoms with E-state index in [-0.39, 0.29) is 0 Å². The van der Waals surface area contributed by atoms with E-state index in [1.165, 1.54) is 43.7 Å². The van der Waals surface area contributed by atoms with E-state index in [0.29, 0.717) is 17.5 Å². The van der Waals surface area contributed by atoms with Crippen LogP contribution in [0.3, 0.4) is 0 Å². The lowest BCUT2D eigenvalue weighted by molar-refractivity contribution is 0.668. The van der Waals surface area contributed by atoms with E-state index in [0.717, 1.165) is 67.9 Å². The average Bonchev–Trinajstić information content (AvgIpc) is 3.80. The lowest BCUT2D eigenvalue weighted by atomic mass is 9.95. The number of furan rings is 1. The van der Waals surface area contributed by atoms with E-state index >= 15 is 0 Å². The average molecular weight is 717 g/mol. The summed E-state index contributed by atoms with van der Waals surface area (Å²) in [6.45, 7) is 0. The largest absolute Gasteiger partial charge is 0.456 e. The van der Waals surface area contributed by atoms with E-state index in [9.17, 15) is 0 Å². The number of hydrogen-bond donors (Lipinski definition) is 0. The van der Waals surface area contributed by atoms with E-state index in [2.05, 4.69) is 162 Å². The Morgan fingerprint density at radius 1 is 0.482 bits per heavy atom. The zero-order chi connectivity index (χ0) is 36.7. The molecular formula is C51H32N4O. The molecule has 0 radical (unpaired) electrons. The maximum atomic E-state index is 6.70. The second-order valence-corrected chi connectivity index (χ2v) is 14.8. The van der Waals surface area contributed by atoms with E-state index in [1.807, 2.05) is 12.1 Å². The molecule has 0 aliphatic heterocycles. The maximum Gasteiger partial charge on any atom is 0.164 e. The van der Waals surface area contributed by atoms with Crippen LogP contribution in [-0.2, 0) is 6.42 Å². The lowest BCUT2D eigenvalue weighted by Crippen LogP contribution is -2.00. The first-order chi connectivity index (χ1) is 27.7. The maximum absolute atomic E-state index is 6.70. The Hall–Kier alpha value is -7.37. The van der Waals surface area contributed by atoms with Gasteiger partial charge in [-0.15, -0.1) is 0 Å². The van der Waals surface area contributed by atoms with Crippen LogP contribution in [0.4, 0.5) is 0 Å². The van der Waals surface area contributed by atoms with Crippen molar-refractivity contribution < 1.29 is 4.42 Å². The van der Waals surface area contributed by atoms with Gasteiger partial charge in [0.15, 0.2) is 17.5 Å². The fraction of sp³-hybridized carbons (Fsp3) is 0.0392. The van der Waals surface area contributed by atoms with Gasteiger partial charge in [-0.2, -0.15) is 0 Å². The standard InChI is InChI=1S/C51H32N4O/c1-3-12-33-26-37(22-20-31(33)10-1)49-52-50(38-23-21-32-11-2-4-13-34(32)27-38)54-51(53-49)42-17-9-19-46-48(42)41-25-24-39(30-47(41)56-46)55-44-18-8-7-16-40(44)43-28-35-14-5-6-15-36(35)29-45(43)55/h1-4,6-13,15-30H,5,14H2. The van der Waals surface area contributed by atoms with Gasteiger partial charge >= 0.3 is 0 Å². The van der Waals surface area contributed by atoms with E-state index < -0.39 is 0 Å². The number of aromatic nitrogens is 4. The van der Waals surface area contributed by atoms with Crippen LogP contribution < -0.4 is 0 Å². The Kier molecular flexibility index (Phi) is 6.69. The summed E-state index contributed by atoms with van der Waals surface area (Å²) < 4.78 is 9.07. The normalized spacial score (nSPS) is 12.8. The first-order valence-electron chi connectivity index (χ1n) is 19.1. The molecular weight excluding hydrogens is 685 g/mol. The van der Waals surface area contributed by atoms with Crippen molar-refractivity contribution in [1.82, 2.24) is 19.5 Å². The monoisotopic (exact) mass is 716 g/mol. The van der Waals surface area contributed by atoms with Gasteiger partial charge in [0, 0.05) is 50.0 Å². The third-order valence-electron chi connectivity index (χ3n) is 11.4. The van der Waals surface area contributed by atoms with Crippen molar-refractivity contribution in [2.24, 2.45) is 0 Å². The first-order valence-corrected chi connectivity index (χ1v) is 19.1. The van der Waals surface area contributed by atoms with Gasteiger partial charge < -0.3 is 8.98 Å². The smallest absolute Gasteiger partial charge is 0.164 e. The molecule has 0 bridgehead atoms. The summed E-state index contributed by atoms with van der Waals surface area (Å²) in [5.41, 5.74) is 10.5. The van der Waals surface area contributed by atoms with Gasteiger partial charge in [-0.25, -0.2) is 15.0 Å². The van der Waals surface area contributed by atoms with Crippen molar-refractivity contribution in [1.29, 1.82) is 0 Å². The number of hydrogen-bond acceptors (Lipinski definition) is 4. The Labute approximate surface area is 321 Å². The second kappa shape index (κ2) is 12.1. The number of allylic oxidation sites excluding steroid dienone is 1. The third-order valence-corrected chi connectivity index (χ3v) is 11.4. The van der Waals surface area contributed by atoms with Gasteiger partial charge in [-0.1, -0.05) is 115 Å². The van der Waals surface area contributed by atoms with Crippen molar-refractivity contribution in [2.75, 3.05) is 0 Å². The molecule has 1 aliphatic rings. The number of fused-ring (bicyclic) bond motifs is 9. The number of nitrogens with zero attached hydrogens (tertiary/aromatic N) is 4. The Bertz CT molecular complexity index is 3340. The van der Waals surface area contributed by atoms with E-state index in [4.69, 9.17) is 19.4 Å². The van der Waals surface area contributed by atoms with Crippen LogP contribution >= 0.6 is 0 Å². The molecule has 0 spiro atoms. The number of aryl methyl sites for hydroxylation is 1. The molecule has 3 aromatic heterocycles. The molecule has 0 fully saturated rings. The minimum absolute atomic E-state index is 0.601.